The van der Waals surface area contributed by atoms with Crippen molar-refractivity contribution < 1.29 is 13.2 Å². The van der Waals surface area contributed by atoms with Gasteiger partial charge in [0.15, 0.2) is 0 Å². The largest absolute Gasteiger partial charge is 0.335 e. The van der Waals surface area contributed by atoms with E-state index in [1.165, 1.54) is 6.42 Å². The molecule has 7 heteroatoms. The SMILES string of the molecule is Cc1c(C(=O)N2CC3CCC2C3)csc1S(=O)(=O)Cl. The average molecular weight is 320 g/mol. The number of rotatable bonds is 2. The zero-order valence-electron chi connectivity index (χ0n) is 10.4. The summed E-state index contributed by atoms with van der Waals surface area (Å²) < 4.78 is 22.9. The van der Waals surface area contributed by atoms with Crippen LogP contribution in [0.15, 0.2) is 9.59 Å². The first-order valence-electron chi connectivity index (χ1n) is 6.21. The standard InChI is InChI=1S/C12H14ClNO3S2/c1-7-10(6-18-12(7)19(13,16)17)11(15)14-5-8-2-3-9(14)4-8/h6,8-9H,2-5H2,1H3. The molecule has 1 aliphatic heterocycles. The van der Waals surface area contributed by atoms with Crippen molar-refractivity contribution in [1.82, 2.24) is 4.90 Å². The van der Waals surface area contributed by atoms with Gasteiger partial charge in [0.1, 0.15) is 4.21 Å². The molecule has 1 amide bonds. The van der Waals surface area contributed by atoms with Crippen molar-refractivity contribution in [1.29, 1.82) is 0 Å². The molecule has 2 fully saturated rings. The van der Waals surface area contributed by atoms with E-state index in [1.807, 2.05) is 4.90 Å². The Labute approximate surface area is 120 Å². The van der Waals surface area contributed by atoms with Gasteiger partial charge in [0.05, 0.1) is 5.56 Å². The second kappa shape index (κ2) is 4.46. The van der Waals surface area contributed by atoms with Crippen LogP contribution in [0.2, 0.25) is 0 Å². The van der Waals surface area contributed by atoms with E-state index in [1.54, 1.807) is 12.3 Å². The third-order valence-corrected chi connectivity index (χ3v) is 7.42. The number of carbonyl (C=O) groups is 1. The molecule has 0 aromatic carbocycles. The Hall–Kier alpha value is -0.590. The maximum Gasteiger partial charge on any atom is 0.271 e. The molecule has 2 aliphatic rings. The van der Waals surface area contributed by atoms with Crippen LogP contribution in [0.25, 0.3) is 0 Å². The number of fused-ring (bicyclic) bond motifs is 2. The van der Waals surface area contributed by atoms with Gasteiger partial charge in [-0.15, -0.1) is 11.3 Å². The van der Waals surface area contributed by atoms with Gasteiger partial charge in [0, 0.05) is 28.6 Å². The van der Waals surface area contributed by atoms with Gasteiger partial charge in [-0.1, -0.05) is 0 Å². The Balaban J connectivity index is 1.91. The molecule has 19 heavy (non-hydrogen) atoms. The quantitative estimate of drug-likeness (QED) is 0.787. The van der Waals surface area contributed by atoms with Crippen molar-refractivity contribution in [2.75, 3.05) is 6.54 Å². The highest BCUT2D eigenvalue weighted by Gasteiger charge is 2.41. The summed E-state index contributed by atoms with van der Waals surface area (Å²) in [7, 11) is 1.60. The van der Waals surface area contributed by atoms with Crippen molar-refractivity contribution >= 4 is 37.0 Å². The van der Waals surface area contributed by atoms with Crippen LogP contribution in [0.5, 0.6) is 0 Å². The van der Waals surface area contributed by atoms with Crippen LogP contribution in [-0.4, -0.2) is 31.8 Å². The number of piperidine rings is 1. The predicted octanol–water partition coefficient (Wildman–Crippen LogP) is 2.61. The second-order valence-corrected chi connectivity index (χ2v) is 8.93. The average Bonchev–Trinajstić information content (AvgIpc) is 3.00. The molecule has 1 aromatic heterocycles. The number of carbonyl (C=O) groups excluding carboxylic acids is 1. The van der Waals surface area contributed by atoms with Crippen LogP contribution in [-0.2, 0) is 9.05 Å². The topological polar surface area (TPSA) is 54.5 Å². The Morgan fingerprint density at radius 2 is 2.21 bits per heavy atom. The van der Waals surface area contributed by atoms with Gasteiger partial charge in [-0.2, -0.15) is 0 Å². The molecule has 1 aromatic rings. The second-order valence-electron chi connectivity index (χ2n) is 5.29. The van der Waals surface area contributed by atoms with Crippen molar-refractivity contribution in [2.24, 2.45) is 5.92 Å². The highest BCUT2D eigenvalue weighted by molar-refractivity contribution is 8.15. The third-order valence-electron chi connectivity index (χ3n) is 4.12. The number of hydrogen-bond acceptors (Lipinski definition) is 4. The summed E-state index contributed by atoms with van der Waals surface area (Å²) >= 11 is 1.02. The molecule has 4 nitrogen and oxygen atoms in total. The minimum Gasteiger partial charge on any atom is -0.335 e. The molecule has 1 saturated carbocycles. The van der Waals surface area contributed by atoms with E-state index in [2.05, 4.69) is 0 Å². The number of amides is 1. The lowest BCUT2D eigenvalue weighted by molar-refractivity contribution is 0.0703. The highest BCUT2D eigenvalue weighted by Crippen LogP contribution is 2.39. The minimum absolute atomic E-state index is 0.0486. The highest BCUT2D eigenvalue weighted by atomic mass is 35.7. The lowest BCUT2D eigenvalue weighted by Gasteiger charge is -2.27. The number of nitrogens with zero attached hydrogens (tertiary/aromatic N) is 1. The molecule has 2 atom stereocenters. The van der Waals surface area contributed by atoms with Crippen molar-refractivity contribution in [3.05, 3.63) is 16.5 Å². The molecular formula is C12H14ClNO3S2. The van der Waals surface area contributed by atoms with Crippen LogP contribution >= 0.6 is 22.0 Å². The normalized spacial score (nSPS) is 26.1. The van der Waals surface area contributed by atoms with Crippen LogP contribution < -0.4 is 0 Å². The summed E-state index contributed by atoms with van der Waals surface area (Å²) in [5.41, 5.74) is 0.963. The van der Waals surface area contributed by atoms with Gasteiger partial charge < -0.3 is 4.90 Å². The summed E-state index contributed by atoms with van der Waals surface area (Å²) in [6.07, 6.45) is 3.37. The summed E-state index contributed by atoms with van der Waals surface area (Å²) in [6, 6.07) is 0.341. The molecule has 1 aliphatic carbocycles. The van der Waals surface area contributed by atoms with Gasteiger partial charge in [0.25, 0.3) is 15.0 Å². The van der Waals surface area contributed by atoms with Gasteiger partial charge >= 0.3 is 0 Å². The van der Waals surface area contributed by atoms with E-state index in [4.69, 9.17) is 10.7 Å². The van der Waals surface area contributed by atoms with Crippen molar-refractivity contribution in [3.8, 4) is 0 Å². The lowest BCUT2D eigenvalue weighted by Crippen LogP contribution is -2.37. The number of likely N-dealkylation sites (tertiary alicyclic amines) is 1. The Bertz CT molecular complexity index is 637. The summed E-state index contributed by atoms with van der Waals surface area (Å²) in [4.78, 5) is 14.4. The smallest absolute Gasteiger partial charge is 0.271 e. The van der Waals surface area contributed by atoms with Gasteiger partial charge in [0.2, 0.25) is 0 Å². The monoisotopic (exact) mass is 319 g/mol. The fraction of sp³-hybridized carbons (Fsp3) is 0.583. The fourth-order valence-corrected chi connectivity index (χ4v) is 5.72. The zero-order chi connectivity index (χ0) is 13.8. The summed E-state index contributed by atoms with van der Waals surface area (Å²) in [6.45, 7) is 2.45. The van der Waals surface area contributed by atoms with Crippen LogP contribution in [0.3, 0.4) is 0 Å². The van der Waals surface area contributed by atoms with Gasteiger partial charge in [-0.3, -0.25) is 4.79 Å². The van der Waals surface area contributed by atoms with Crippen LogP contribution in [0.4, 0.5) is 0 Å². The fourth-order valence-electron chi connectivity index (χ4n) is 3.18. The molecule has 0 radical (unpaired) electrons. The first-order valence-corrected chi connectivity index (χ1v) is 9.40. The van der Waals surface area contributed by atoms with Crippen molar-refractivity contribution in [2.45, 2.75) is 36.4 Å². The lowest BCUT2D eigenvalue weighted by atomic mass is 10.1. The number of hydrogen-bond donors (Lipinski definition) is 0. The number of thiophene rings is 1. The van der Waals surface area contributed by atoms with Gasteiger partial charge in [-0.05, 0) is 37.7 Å². The molecule has 2 unspecified atom stereocenters. The first-order chi connectivity index (χ1) is 8.88. The third kappa shape index (κ3) is 2.19. The van der Waals surface area contributed by atoms with E-state index >= 15 is 0 Å². The molecule has 2 bridgehead atoms. The predicted molar refractivity (Wildman–Crippen MR) is 74.3 cm³/mol. The zero-order valence-corrected chi connectivity index (χ0v) is 12.8. The number of halogens is 1. The molecule has 0 N–H and O–H groups in total. The summed E-state index contributed by atoms with van der Waals surface area (Å²) in [5.74, 6) is 0.580. The Morgan fingerprint density at radius 1 is 1.47 bits per heavy atom. The van der Waals surface area contributed by atoms with E-state index < -0.39 is 9.05 Å². The maximum atomic E-state index is 12.5. The van der Waals surface area contributed by atoms with E-state index in [0.29, 0.717) is 23.1 Å². The Morgan fingerprint density at radius 3 is 2.68 bits per heavy atom. The van der Waals surface area contributed by atoms with E-state index in [9.17, 15) is 13.2 Å². The van der Waals surface area contributed by atoms with E-state index in [0.717, 1.165) is 30.7 Å². The van der Waals surface area contributed by atoms with Gasteiger partial charge in [-0.25, -0.2) is 8.42 Å². The first kappa shape index (κ1) is 13.4. The van der Waals surface area contributed by atoms with Crippen LogP contribution in [0.1, 0.15) is 35.2 Å². The Kier molecular flexibility index (Phi) is 3.15. The summed E-state index contributed by atoms with van der Waals surface area (Å²) in [5, 5.41) is 1.61. The maximum absolute atomic E-state index is 12.5. The van der Waals surface area contributed by atoms with Crippen molar-refractivity contribution in [3.63, 3.8) is 0 Å². The molecular weight excluding hydrogens is 306 g/mol. The molecule has 2 heterocycles. The molecule has 3 rings (SSSR count). The van der Waals surface area contributed by atoms with Crippen LogP contribution in [0, 0.1) is 12.8 Å². The molecule has 1 saturated heterocycles. The van der Waals surface area contributed by atoms with E-state index in [-0.39, 0.29) is 10.1 Å². The molecule has 0 spiro atoms. The minimum atomic E-state index is -3.76. The molecule has 104 valence electrons.